The lowest BCUT2D eigenvalue weighted by Gasteiger charge is -2.30. The predicted octanol–water partition coefficient (Wildman–Crippen LogP) is 2.75. The normalized spacial score (nSPS) is 19.3. The number of nitrogens with one attached hydrogen (secondary N) is 1. The summed E-state index contributed by atoms with van der Waals surface area (Å²) in [6.07, 6.45) is 1.85. The van der Waals surface area contributed by atoms with E-state index in [9.17, 15) is 8.42 Å². The molecule has 21 heavy (non-hydrogen) atoms. The number of benzene rings is 1. The van der Waals surface area contributed by atoms with Crippen LogP contribution in [0, 0.1) is 0 Å². The summed E-state index contributed by atoms with van der Waals surface area (Å²) >= 11 is 0. The van der Waals surface area contributed by atoms with Crippen LogP contribution in [0.15, 0.2) is 29.2 Å². The van der Waals surface area contributed by atoms with Crippen molar-refractivity contribution < 1.29 is 8.42 Å². The highest BCUT2D eigenvalue weighted by Gasteiger charge is 2.40. The lowest BCUT2D eigenvalue weighted by atomic mass is 10.0. The summed E-state index contributed by atoms with van der Waals surface area (Å²) in [6, 6.07) is 7.65. The second kappa shape index (κ2) is 6.07. The molecule has 1 heterocycles. The molecule has 1 aromatic rings. The van der Waals surface area contributed by atoms with Crippen LogP contribution in [0.4, 0.5) is 0 Å². The Labute approximate surface area is 128 Å². The van der Waals surface area contributed by atoms with Crippen molar-refractivity contribution in [1.82, 2.24) is 9.62 Å². The highest BCUT2D eigenvalue weighted by atomic mass is 32.2. The molecular weight excluding hydrogens is 284 g/mol. The Kier molecular flexibility index (Phi) is 4.76. The third-order valence-corrected chi connectivity index (χ3v) is 6.18. The molecule has 0 aliphatic carbocycles. The molecule has 1 saturated heterocycles. The first-order chi connectivity index (χ1) is 9.73. The van der Waals surface area contributed by atoms with Crippen LogP contribution in [0.25, 0.3) is 0 Å². The smallest absolute Gasteiger partial charge is 0.243 e. The third-order valence-electron chi connectivity index (χ3n) is 4.05. The zero-order valence-electron chi connectivity index (χ0n) is 13.4. The molecule has 0 atom stereocenters. The van der Waals surface area contributed by atoms with E-state index in [0.29, 0.717) is 17.5 Å². The molecule has 1 fully saturated rings. The molecule has 0 spiro atoms. The summed E-state index contributed by atoms with van der Waals surface area (Å²) in [5, 5.41) is 3.33. The number of rotatable bonds is 5. The van der Waals surface area contributed by atoms with Gasteiger partial charge in [0.25, 0.3) is 0 Å². The van der Waals surface area contributed by atoms with Crippen LogP contribution in [-0.2, 0) is 16.6 Å². The van der Waals surface area contributed by atoms with E-state index in [-0.39, 0.29) is 5.54 Å². The van der Waals surface area contributed by atoms with Gasteiger partial charge in [-0.25, -0.2) is 8.42 Å². The summed E-state index contributed by atoms with van der Waals surface area (Å²) in [5.41, 5.74) is 0.819. The number of hydrogen-bond acceptors (Lipinski definition) is 3. The van der Waals surface area contributed by atoms with Gasteiger partial charge in [0.2, 0.25) is 10.0 Å². The van der Waals surface area contributed by atoms with E-state index in [0.717, 1.165) is 24.9 Å². The van der Waals surface area contributed by atoms with Crippen LogP contribution >= 0.6 is 0 Å². The highest BCUT2D eigenvalue weighted by Crippen LogP contribution is 2.33. The van der Waals surface area contributed by atoms with Crippen molar-refractivity contribution >= 4 is 10.0 Å². The minimum absolute atomic E-state index is 0.281. The molecule has 1 N–H and O–H groups in total. The molecule has 0 saturated carbocycles. The largest absolute Gasteiger partial charge is 0.310 e. The molecule has 0 aromatic heterocycles. The molecule has 5 heteroatoms. The summed E-state index contributed by atoms with van der Waals surface area (Å²) in [4.78, 5) is 0.394. The molecule has 0 unspecified atom stereocenters. The van der Waals surface area contributed by atoms with E-state index in [4.69, 9.17) is 0 Å². The molecule has 0 radical (unpaired) electrons. The number of sulfonamides is 1. The Hall–Kier alpha value is -0.910. The number of nitrogens with zero attached hydrogens (tertiary/aromatic N) is 1. The lowest BCUT2D eigenvalue weighted by molar-refractivity contribution is 0.291. The average Bonchev–Trinajstić information content (AvgIpc) is 2.77. The zero-order chi connectivity index (χ0) is 15.7. The summed E-state index contributed by atoms with van der Waals surface area (Å²) in [7, 11) is -3.38. The zero-order valence-corrected chi connectivity index (χ0v) is 14.2. The van der Waals surface area contributed by atoms with Crippen molar-refractivity contribution in [2.24, 2.45) is 0 Å². The van der Waals surface area contributed by atoms with Gasteiger partial charge in [0.05, 0.1) is 4.90 Å². The number of hydrogen-bond donors (Lipinski definition) is 1. The predicted molar refractivity (Wildman–Crippen MR) is 85.6 cm³/mol. The van der Waals surface area contributed by atoms with Gasteiger partial charge in [0.15, 0.2) is 0 Å². The molecule has 118 valence electrons. The monoisotopic (exact) mass is 310 g/mol. The van der Waals surface area contributed by atoms with E-state index in [1.165, 1.54) is 0 Å². The van der Waals surface area contributed by atoms with E-state index in [2.05, 4.69) is 19.2 Å². The van der Waals surface area contributed by atoms with Crippen molar-refractivity contribution in [3.05, 3.63) is 29.8 Å². The molecule has 1 aliphatic rings. The molecule has 1 aromatic carbocycles. The van der Waals surface area contributed by atoms with Crippen LogP contribution < -0.4 is 5.32 Å². The van der Waals surface area contributed by atoms with Gasteiger partial charge in [0, 0.05) is 24.7 Å². The van der Waals surface area contributed by atoms with Crippen molar-refractivity contribution in [2.75, 3.05) is 6.54 Å². The Morgan fingerprint density at radius 2 is 1.86 bits per heavy atom. The van der Waals surface area contributed by atoms with Crippen LogP contribution in [0.1, 0.15) is 46.1 Å². The van der Waals surface area contributed by atoms with Crippen molar-refractivity contribution in [1.29, 1.82) is 0 Å². The van der Waals surface area contributed by atoms with Gasteiger partial charge in [-0.2, -0.15) is 4.31 Å². The maximum Gasteiger partial charge on any atom is 0.243 e. The van der Waals surface area contributed by atoms with E-state index < -0.39 is 10.0 Å². The fraction of sp³-hybridized carbons (Fsp3) is 0.625. The molecular formula is C16H26N2O2S. The Morgan fingerprint density at radius 3 is 2.33 bits per heavy atom. The lowest BCUT2D eigenvalue weighted by Crippen LogP contribution is -2.42. The standard InChI is InChI=1S/C16H26N2O2S/c1-13(2)17-12-14-6-8-15(9-7-14)21(19,20)18-11-5-10-16(18,3)4/h6-9,13,17H,5,10-12H2,1-4H3. The second-order valence-electron chi connectivity index (χ2n) is 6.67. The van der Waals surface area contributed by atoms with Crippen LogP contribution in [0.2, 0.25) is 0 Å². The SMILES string of the molecule is CC(C)NCc1ccc(S(=O)(=O)N2CCCC2(C)C)cc1. The average molecular weight is 310 g/mol. The highest BCUT2D eigenvalue weighted by molar-refractivity contribution is 7.89. The maximum atomic E-state index is 12.7. The molecule has 0 amide bonds. The van der Waals surface area contributed by atoms with Crippen molar-refractivity contribution in [3.8, 4) is 0 Å². The Bertz CT molecular complexity index is 577. The van der Waals surface area contributed by atoms with Crippen molar-refractivity contribution in [3.63, 3.8) is 0 Å². The molecule has 2 rings (SSSR count). The summed E-state index contributed by atoms with van der Waals surface area (Å²) in [6.45, 7) is 9.55. The van der Waals surface area contributed by atoms with Crippen LogP contribution in [-0.4, -0.2) is 30.8 Å². The first-order valence-corrected chi connectivity index (χ1v) is 9.03. The first kappa shape index (κ1) is 16.5. The minimum Gasteiger partial charge on any atom is -0.310 e. The third kappa shape index (κ3) is 3.65. The molecule has 4 nitrogen and oxygen atoms in total. The minimum atomic E-state index is -3.38. The van der Waals surface area contributed by atoms with Gasteiger partial charge < -0.3 is 5.32 Å². The topological polar surface area (TPSA) is 49.4 Å². The molecule has 0 bridgehead atoms. The summed E-state index contributed by atoms with van der Waals surface area (Å²) < 4.78 is 27.1. The second-order valence-corrected chi connectivity index (χ2v) is 8.54. The molecule has 1 aliphatic heterocycles. The fourth-order valence-corrected chi connectivity index (χ4v) is 4.60. The van der Waals surface area contributed by atoms with Gasteiger partial charge in [-0.3, -0.25) is 0 Å². The first-order valence-electron chi connectivity index (χ1n) is 7.59. The van der Waals surface area contributed by atoms with Gasteiger partial charge in [-0.1, -0.05) is 26.0 Å². The van der Waals surface area contributed by atoms with E-state index >= 15 is 0 Å². The van der Waals surface area contributed by atoms with Gasteiger partial charge in [-0.05, 0) is 44.4 Å². The fourth-order valence-electron chi connectivity index (χ4n) is 2.76. The van der Waals surface area contributed by atoms with Crippen LogP contribution in [0.5, 0.6) is 0 Å². The van der Waals surface area contributed by atoms with E-state index in [1.54, 1.807) is 16.4 Å². The van der Waals surface area contributed by atoms with E-state index in [1.807, 2.05) is 26.0 Å². The maximum absolute atomic E-state index is 12.7. The van der Waals surface area contributed by atoms with Gasteiger partial charge in [0.1, 0.15) is 0 Å². The van der Waals surface area contributed by atoms with Crippen LogP contribution in [0.3, 0.4) is 0 Å². The Balaban J connectivity index is 2.18. The Morgan fingerprint density at radius 1 is 1.24 bits per heavy atom. The summed E-state index contributed by atoms with van der Waals surface area (Å²) in [5.74, 6) is 0. The van der Waals surface area contributed by atoms with Gasteiger partial charge >= 0.3 is 0 Å². The van der Waals surface area contributed by atoms with Gasteiger partial charge in [-0.15, -0.1) is 0 Å². The quantitative estimate of drug-likeness (QED) is 0.910. The van der Waals surface area contributed by atoms with Crippen molar-refractivity contribution in [2.45, 2.75) is 63.6 Å².